The van der Waals surface area contributed by atoms with Crippen molar-refractivity contribution in [1.29, 1.82) is 0 Å². The molecule has 0 radical (unpaired) electrons. The van der Waals surface area contributed by atoms with E-state index in [1.54, 1.807) is 18.2 Å². The zero-order chi connectivity index (χ0) is 23.5. The van der Waals surface area contributed by atoms with Crippen LogP contribution in [0.2, 0.25) is 0 Å². The summed E-state index contributed by atoms with van der Waals surface area (Å²) in [5.41, 5.74) is -0.576. The van der Waals surface area contributed by atoms with Crippen molar-refractivity contribution in [2.75, 3.05) is 25.5 Å². The number of alkyl halides is 3. The standard InChI is InChI=1S/C21H21F3N2O5S/c1-31-20(28)17-7-2-3-8-18(17)25-19(27)14-9-11-26(12-10-14)32(29,30)16-6-4-5-15(13-16)21(22,23)24/h2-8,13-14H,9-12H2,1H3,(H,25,27). The third-order valence-corrected chi connectivity index (χ3v) is 7.11. The number of amides is 1. The number of carbonyl (C=O) groups excluding carboxylic acids is 2. The van der Waals surface area contributed by atoms with Crippen LogP contribution in [0.15, 0.2) is 53.4 Å². The molecule has 1 aliphatic rings. The van der Waals surface area contributed by atoms with Crippen molar-refractivity contribution < 1.29 is 35.9 Å². The largest absolute Gasteiger partial charge is 0.465 e. The summed E-state index contributed by atoms with van der Waals surface area (Å²) in [5, 5.41) is 2.67. The average molecular weight is 470 g/mol. The zero-order valence-electron chi connectivity index (χ0n) is 17.1. The number of halogens is 3. The first-order valence-electron chi connectivity index (χ1n) is 9.69. The molecule has 7 nitrogen and oxygen atoms in total. The van der Waals surface area contributed by atoms with Crippen molar-refractivity contribution in [2.45, 2.75) is 23.9 Å². The van der Waals surface area contributed by atoms with E-state index in [1.165, 1.54) is 13.2 Å². The van der Waals surface area contributed by atoms with Crippen LogP contribution in [0.4, 0.5) is 18.9 Å². The molecule has 0 saturated carbocycles. The Kier molecular flexibility index (Phi) is 6.89. The van der Waals surface area contributed by atoms with E-state index < -0.39 is 38.5 Å². The summed E-state index contributed by atoms with van der Waals surface area (Å²) < 4.78 is 70.2. The van der Waals surface area contributed by atoms with E-state index in [4.69, 9.17) is 4.74 Å². The van der Waals surface area contributed by atoms with E-state index in [-0.39, 0.29) is 43.1 Å². The van der Waals surface area contributed by atoms with Crippen LogP contribution in [-0.2, 0) is 25.7 Å². The predicted molar refractivity (Wildman–Crippen MR) is 109 cm³/mol. The summed E-state index contributed by atoms with van der Waals surface area (Å²) in [5.74, 6) is -1.51. The summed E-state index contributed by atoms with van der Waals surface area (Å²) in [4.78, 5) is 24.1. The Morgan fingerprint density at radius 2 is 1.72 bits per heavy atom. The number of esters is 1. The van der Waals surface area contributed by atoms with Crippen molar-refractivity contribution in [3.8, 4) is 0 Å². The lowest BCUT2D eigenvalue weighted by atomic mass is 9.97. The smallest absolute Gasteiger partial charge is 0.416 e. The molecule has 1 aliphatic heterocycles. The highest BCUT2D eigenvalue weighted by atomic mass is 32.2. The molecule has 0 aromatic heterocycles. The van der Waals surface area contributed by atoms with Gasteiger partial charge in [0.25, 0.3) is 0 Å². The minimum atomic E-state index is -4.66. The molecule has 0 aliphatic carbocycles. The minimum absolute atomic E-state index is 0.0185. The minimum Gasteiger partial charge on any atom is -0.465 e. The molecule has 1 fully saturated rings. The first kappa shape index (κ1) is 23.7. The van der Waals surface area contributed by atoms with Gasteiger partial charge in [-0.1, -0.05) is 18.2 Å². The molecule has 11 heteroatoms. The van der Waals surface area contributed by atoms with E-state index in [2.05, 4.69) is 5.32 Å². The number of nitrogens with one attached hydrogen (secondary N) is 1. The van der Waals surface area contributed by atoms with Crippen LogP contribution in [0.3, 0.4) is 0 Å². The maximum Gasteiger partial charge on any atom is 0.416 e. The van der Waals surface area contributed by atoms with Crippen molar-refractivity contribution >= 4 is 27.6 Å². The zero-order valence-corrected chi connectivity index (χ0v) is 17.9. The molecule has 1 heterocycles. The maximum atomic E-state index is 12.9. The number of anilines is 1. The van der Waals surface area contributed by atoms with E-state index in [1.807, 2.05) is 0 Å². The third kappa shape index (κ3) is 5.10. The number of sulfonamides is 1. The number of hydrogen-bond acceptors (Lipinski definition) is 5. The lowest BCUT2D eigenvalue weighted by Gasteiger charge is -2.30. The van der Waals surface area contributed by atoms with E-state index in [0.29, 0.717) is 6.07 Å². The SMILES string of the molecule is COC(=O)c1ccccc1NC(=O)C1CCN(S(=O)(=O)c2cccc(C(F)(F)F)c2)CC1. The van der Waals surface area contributed by atoms with Gasteiger partial charge in [-0.3, -0.25) is 4.79 Å². The van der Waals surface area contributed by atoms with Gasteiger partial charge in [0.15, 0.2) is 0 Å². The molecule has 3 rings (SSSR count). The quantitative estimate of drug-likeness (QED) is 0.675. The van der Waals surface area contributed by atoms with Crippen LogP contribution in [0.1, 0.15) is 28.8 Å². The van der Waals surface area contributed by atoms with Gasteiger partial charge in [0, 0.05) is 19.0 Å². The van der Waals surface area contributed by atoms with Crippen LogP contribution in [0.25, 0.3) is 0 Å². The summed E-state index contributed by atoms with van der Waals surface area (Å²) >= 11 is 0. The second-order valence-corrected chi connectivity index (χ2v) is 9.17. The van der Waals surface area contributed by atoms with Gasteiger partial charge >= 0.3 is 12.1 Å². The number of para-hydroxylation sites is 1. The monoisotopic (exact) mass is 470 g/mol. The number of methoxy groups -OCH3 is 1. The summed E-state index contributed by atoms with van der Waals surface area (Å²) in [7, 11) is -2.91. The van der Waals surface area contributed by atoms with Gasteiger partial charge in [0.1, 0.15) is 0 Å². The molecular formula is C21H21F3N2O5S. The van der Waals surface area contributed by atoms with Crippen LogP contribution < -0.4 is 5.32 Å². The number of rotatable bonds is 5. The Morgan fingerprint density at radius 3 is 2.34 bits per heavy atom. The maximum absolute atomic E-state index is 12.9. The van der Waals surface area contributed by atoms with Crippen molar-refractivity contribution in [3.05, 3.63) is 59.7 Å². The normalized spacial score (nSPS) is 15.9. The number of carbonyl (C=O) groups is 2. The summed E-state index contributed by atoms with van der Waals surface area (Å²) in [6.07, 6.45) is -4.29. The van der Waals surface area contributed by atoms with Gasteiger partial charge in [-0.15, -0.1) is 0 Å². The summed E-state index contributed by atoms with van der Waals surface area (Å²) in [6.45, 7) is -0.0371. The van der Waals surface area contributed by atoms with E-state index in [0.717, 1.165) is 22.5 Å². The van der Waals surface area contributed by atoms with Gasteiger partial charge in [0.2, 0.25) is 15.9 Å². The fourth-order valence-electron chi connectivity index (χ4n) is 3.46. The number of benzene rings is 2. The van der Waals surface area contributed by atoms with Crippen molar-refractivity contribution in [3.63, 3.8) is 0 Å². The molecule has 0 unspecified atom stereocenters. The van der Waals surface area contributed by atoms with E-state index in [9.17, 15) is 31.2 Å². The lowest BCUT2D eigenvalue weighted by Crippen LogP contribution is -2.41. The highest BCUT2D eigenvalue weighted by molar-refractivity contribution is 7.89. The molecular weight excluding hydrogens is 449 g/mol. The molecule has 0 spiro atoms. The van der Waals surface area contributed by atoms with Crippen LogP contribution >= 0.6 is 0 Å². The van der Waals surface area contributed by atoms with Crippen LogP contribution in [0, 0.1) is 5.92 Å². The van der Waals surface area contributed by atoms with Gasteiger partial charge in [-0.05, 0) is 43.2 Å². The Morgan fingerprint density at radius 1 is 1.06 bits per heavy atom. The molecule has 32 heavy (non-hydrogen) atoms. The lowest BCUT2D eigenvalue weighted by molar-refractivity contribution is -0.137. The fourth-order valence-corrected chi connectivity index (χ4v) is 4.97. The Hall–Kier alpha value is -2.92. The van der Waals surface area contributed by atoms with Crippen molar-refractivity contribution in [1.82, 2.24) is 4.31 Å². The topological polar surface area (TPSA) is 92.8 Å². The van der Waals surface area contributed by atoms with Crippen LogP contribution in [-0.4, -0.2) is 44.8 Å². The second kappa shape index (κ2) is 9.29. The third-order valence-electron chi connectivity index (χ3n) is 5.21. The Bertz CT molecular complexity index is 1110. The second-order valence-electron chi connectivity index (χ2n) is 7.23. The molecule has 2 aromatic carbocycles. The predicted octanol–water partition coefficient (Wildman–Crippen LogP) is 3.53. The van der Waals surface area contributed by atoms with Gasteiger partial charge in [-0.2, -0.15) is 17.5 Å². The molecule has 1 N–H and O–H groups in total. The van der Waals surface area contributed by atoms with Gasteiger partial charge in [-0.25, -0.2) is 13.2 Å². The van der Waals surface area contributed by atoms with Gasteiger partial charge < -0.3 is 10.1 Å². The highest BCUT2D eigenvalue weighted by Crippen LogP contribution is 2.32. The molecule has 0 bridgehead atoms. The number of ether oxygens (including phenoxy) is 1. The van der Waals surface area contributed by atoms with Gasteiger partial charge in [0.05, 0.1) is 28.8 Å². The Balaban J connectivity index is 1.68. The van der Waals surface area contributed by atoms with E-state index >= 15 is 0 Å². The highest BCUT2D eigenvalue weighted by Gasteiger charge is 2.35. The average Bonchev–Trinajstić information content (AvgIpc) is 2.78. The molecule has 2 aromatic rings. The number of hydrogen-bond donors (Lipinski definition) is 1. The first-order chi connectivity index (χ1) is 15.0. The number of piperidine rings is 1. The fraction of sp³-hybridized carbons (Fsp3) is 0.333. The first-order valence-corrected chi connectivity index (χ1v) is 11.1. The molecule has 1 saturated heterocycles. The van der Waals surface area contributed by atoms with Crippen molar-refractivity contribution in [2.24, 2.45) is 5.92 Å². The summed E-state index contributed by atoms with van der Waals surface area (Å²) in [6, 6.07) is 9.91. The molecule has 1 amide bonds. The van der Waals surface area contributed by atoms with Crippen LogP contribution in [0.5, 0.6) is 0 Å². The number of nitrogens with zero attached hydrogens (tertiary/aromatic N) is 1. The Labute approximate surface area is 183 Å². The molecule has 172 valence electrons. The molecule has 0 atom stereocenters.